The fourth-order valence-corrected chi connectivity index (χ4v) is 2.79. The molecule has 1 heterocycles. The summed E-state index contributed by atoms with van der Waals surface area (Å²) in [6, 6.07) is 6.43. The predicted octanol–water partition coefficient (Wildman–Crippen LogP) is 3.02. The summed E-state index contributed by atoms with van der Waals surface area (Å²) in [4.78, 5) is 10.6. The van der Waals surface area contributed by atoms with Crippen molar-refractivity contribution < 1.29 is 17.9 Å². The largest absolute Gasteiger partial charge is 0.484 e. The third kappa shape index (κ3) is 7.33. The van der Waals surface area contributed by atoms with Gasteiger partial charge in [0, 0.05) is 33.1 Å². The maximum absolute atomic E-state index is 12.1. The minimum Gasteiger partial charge on any atom is -0.484 e. The molecule has 0 aliphatic rings. The molecule has 0 fully saturated rings. The van der Waals surface area contributed by atoms with E-state index < -0.39 is 12.8 Å². The van der Waals surface area contributed by atoms with Crippen molar-refractivity contribution in [2.75, 3.05) is 32.6 Å². The molecule has 0 unspecified atom stereocenters. The molecule has 1 aromatic heterocycles. The molecule has 0 aliphatic carbocycles. The molecule has 0 atom stereocenters. The van der Waals surface area contributed by atoms with Crippen LogP contribution in [0.15, 0.2) is 34.6 Å². The summed E-state index contributed by atoms with van der Waals surface area (Å²) in [6.07, 6.45) is -4.34. The monoisotopic (exact) mass is 401 g/mol. The van der Waals surface area contributed by atoms with Gasteiger partial charge in [-0.3, -0.25) is 4.99 Å². The summed E-state index contributed by atoms with van der Waals surface area (Å²) < 4.78 is 41.1. The van der Waals surface area contributed by atoms with Crippen LogP contribution in [0.25, 0.3) is 0 Å². The highest BCUT2D eigenvalue weighted by Gasteiger charge is 2.28. The Balaban J connectivity index is 1.79. The zero-order valence-corrected chi connectivity index (χ0v) is 16.1. The van der Waals surface area contributed by atoms with Gasteiger partial charge in [-0.05, 0) is 17.7 Å². The number of halogens is 3. The molecule has 6 nitrogen and oxygen atoms in total. The Morgan fingerprint density at radius 3 is 2.41 bits per heavy atom. The molecule has 0 saturated carbocycles. The van der Waals surface area contributed by atoms with Crippen LogP contribution in [0, 0.1) is 0 Å². The molecular weight excluding hydrogens is 379 g/mol. The van der Waals surface area contributed by atoms with Crippen molar-refractivity contribution >= 4 is 22.4 Å². The van der Waals surface area contributed by atoms with E-state index in [1.807, 2.05) is 24.4 Å². The second kappa shape index (κ2) is 9.45. The fraction of sp³-hybridized carbons (Fsp3) is 0.412. The molecule has 0 spiro atoms. The Hall–Kier alpha value is -2.49. The average molecular weight is 401 g/mol. The summed E-state index contributed by atoms with van der Waals surface area (Å²) in [7, 11) is 5.54. The summed E-state index contributed by atoms with van der Waals surface area (Å²) in [5, 5.41) is 9.23. The number of guanidine groups is 1. The lowest BCUT2D eigenvalue weighted by molar-refractivity contribution is -0.153. The van der Waals surface area contributed by atoms with E-state index in [2.05, 4.69) is 25.3 Å². The van der Waals surface area contributed by atoms with Gasteiger partial charge in [0.05, 0.1) is 12.2 Å². The van der Waals surface area contributed by atoms with E-state index in [1.54, 1.807) is 30.5 Å². The Morgan fingerprint density at radius 1 is 1.19 bits per heavy atom. The van der Waals surface area contributed by atoms with Crippen molar-refractivity contribution in [3.63, 3.8) is 0 Å². The first kappa shape index (κ1) is 20.8. The van der Waals surface area contributed by atoms with E-state index in [1.165, 1.54) is 12.1 Å². The summed E-state index contributed by atoms with van der Waals surface area (Å²) in [5.74, 6) is 0.783. The Kier molecular flexibility index (Phi) is 7.28. The van der Waals surface area contributed by atoms with E-state index in [4.69, 9.17) is 0 Å². The summed E-state index contributed by atoms with van der Waals surface area (Å²) in [6.45, 7) is -0.291. The number of aromatic nitrogens is 1. The van der Waals surface area contributed by atoms with Crippen LogP contribution in [0.5, 0.6) is 5.75 Å². The first-order chi connectivity index (χ1) is 12.8. The van der Waals surface area contributed by atoms with E-state index in [0.29, 0.717) is 19.0 Å². The second-order valence-electron chi connectivity index (χ2n) is 5.84. The Bertz CT molecular complexity index is 744. The fourth-order valence-electron chi connectivity index (χ4n) is 2.03. The van der Waals surface area contributed by atoms with Gasteiger partial charge in [-0.25, -0.2) is 4.98 Å². The molecular formula is C17H22F3N5OS. The quantitative estimate of drug-likeness (QED) is 0.552. The van der Waals surface area contributed by atoms with Crippen LogP contribution in [0.1, 0.15) is 11.3 Å². The zero-order valence-electron chi connectivity index (χ0n) is 15.3. The van der Waals surface area contributed by atoms with Crippen molar-refractivity contribution in [2.45, 2.75) is 19.3 Å². The normalized spacial score (nSPS) is 12.0. The lowest BCUT2D eigenvalue weighted by Gasteiger charge is -2.12. The number of aliphatic imine (C=N–C) groups is 1. The first-order valence-electron chi connectivity index (χ1n) is 8.11. The van der Waals surface area contributed by atoms with Gasteiger partial charge in [-0.2, -0.15) is 13.2 Å². The number of hydrogen-bond donors (Lipinski definition) is 2. The molecule has 2 rings (SSSR count). The minimum absolute atomic E-state index is 0.179. The van der Waals surface area contributed by atoms with E-state index in [0.717, 1.165) is 16.4 Å². The topological polar surface area (TPSA) is 61.8 Å². The lowest BCUT2D eigenvalue weighted by atomic mass is 10.2. The van der Waals surface area contributed by atoms with Gasteiger partial charge in [0.1, 0.15) is 5.75 Å². The summed E-state index contributed by atoms with van der Waals surface area (Å²) >= 11 is 1.57. The van der Waals surface area contributed by atoms with Crippen molar-refractivity contribution in [3.05, 3.63) is 40.9 Å². The number of hydrogen-bond acceptors (Lipinski definition) is 5. The van der Waals surface area contributed by atoms with Crippen LogP contribution in [-0.2, 0) is 13.1 Å². The number of thiazole rings is 1. The highest BCUT2D eigenvalue weighted by molar-refractivity contribution is 7.13. The van der Waals surface area contributed by atoms with Crippen LogP contribution in [0.3, 0.4) is 0 Å². The van der Waals surface area contributed by atoms with Gasteiger partial charge in [0.15, 0.2) is 17.7 Å². The SMILES string of the molecule is CN=C(NCc1ccc(OCC(F)(F)F)cc1)NCc1csc(N(C)C)n1. The number of nitrogens with one attached hydrogen (secondary N) is 2. The molecule has 0 amide bonds. The maximum atomic E-state index is 12.1. The zero-order chi connectivity index (χ0) is 19.9. The van der Waals surface area contributed by atoms with Crippen molar-refractivity contribution in [2.24, 2.45) is 4.99 Å². The third-order valence-corrected chi connectivity index (χ3v) is 4.43. The van der Waals surface area contributed by atoms with Crippen molar-refractivity contribution in [3.8, 4) is 5.75 Å². The van der Waals surface area contributed by atoms with Crippen LogP contribution >= 0.6 is 11.3 Å². The van der Waals surface area contributed by atoms with Gasteiger partial charge in [-0.1, -0.05) is 12.1 Å². The van der Waals surface area contributed by atoms with Gasteiger partial charge in [0.2, 0.25) is 0 Å². The lowest BCUT2D eigenvalue weighted by Crippen LogP contribution is -2.36. The smallest absolute Gasteiger partial charge is 0.422 e. The molecule has 0 radical (unpaired) electrons. The average Bonchev–Trinajstić information content (AvgIpc) is 3.10. The highest BCUT2D eigenvalue weighted by atomic mass is 32.1. The molecule has 148 valence electrons. The van der Waals surface area contributed by atoms with Crippen LogP contribution in [0.4, 0.5) is 18.3 Å². The van der Waals surface area contributed by atoms with Gasteiger partial charge >= 0.3 is 6.18 Å². The Morgan fingerprint density at radius 2 is 1.85 bits per heavy atom. The number of benzene rings is 1. The van der Waals surface area contributed by atoms with E-state index in [-0.39, 0.29) is 5.75 Å². The van der Waals surface area contributed by atoms with Gasteiger partial charge in [0.25, 0.3) is 0 Å². The van der Waals surface area contributed by atoms with Crippen molar-refractivity contribution in [1.29, 1.82) is 0 Å². The Labute approximate surface area is 160 Å². The molecule has 2 N–H and O–H groups in total. The van der Waals surface area contributed by atoms with E-state index in [9.17, 15) is 13.2 Å². The predicted molar refractivity (Wildman–Crippen MR) is 101 cm³/mol. The number of ether oxygens (including phenoxy) is 1. The van der Waals surface area contributed by atoms with Crippen LogP contribution in [-0.4, -0.2) is 44.9 Å². The molecule has 10 heteroatoms. The molecule has 1 aromatic carbocycles. The molecule has 0 bridgehead atoms. The molecule has 0 aliphatic heterocycles. The van der Waals surface area contributed by atoms with Gasteiger partial charge < -0.3 is 20.3 Å². The minimum atomic E-state index is -4.34. The highest BCUT2D eigenvalue weighted by Crippen LogP contribution is 2.19. The maximum Gasteiger partial charge on any atom is 0.422 e. The van der Waals surface area contributed by atoms with Crippen molar-refractivity contribution in [1.82, 2.24) is 15.6 Å². The van der Waals surface area contributed by atoms with E-state index >= 15 is 0 Å². The number of nitrogens with zero attached hydrogens (tertiary/aromatic N) is 3. The molecule has 27 heavy (non-hydrogen) atoms. The number of rotatable bonds is 7. The number of anilines is 1. The van der Waals surface area contributed by atoms with Crippen LogP contribution in [0.2, 0.25) is 0 Å². The second-order valence-corrected chi connectivity index (χ2v) is 6.68. The standard InChI is InChI=1S/C17H22F3N5OS/c1-21-15(23-9-13-10-27-16(24-13)25(2)3)22-8-12-4-6-14(7-5-12)26-11-17(18,19)20/h4-7,10H,8-9,11H2,1-3H3,(H2,21,22,23). The van der Waals surface area contributed by atoms with Crippen LogP contribution < -0.4 is 20.3 Å². The summed E-state index contributed by atoms with van der Waals surface area (Å²) in [5.41, 5.74) is 1.80. The first-order valence-corrected chi connectivity index (χ1v) is 8.99. The molecule has 2 aromatic rings. The number of alkyl halides is 3. The third-order valence-electron chi connectivity index (χ3n) is 3.37. The van der Waals surface area contributed by atoms with Gasteiger partial charge in [-0.15, -0.1) is 11.3 Å². The molecule has 0 saturated heterocycles.